The number of sulfonamides is 1. The summed E-state index contributed by atoms with van der Waals surface area (Å²) >= 11 is 0. The molecule has 0 spiro atoms. The highest BCUT2D eigenvalue weighted by atomic mass is 32.2. The van der Waals surface area contributed by atoms with Crippen molar-refractivity contribution in [3.8, 4) is 5.75 Å². The first kappa shape index (κ1) is 16.4. The van der Waals surface area contributed by atoms with Gasteiger partial charge in [-0.1, -0.05) is 17.7 Å². The van der Waals surface area contributed by atoms with Gasteiger partial charge in [-0.2, -0.15) is 0 Å². The van der Waals surface area contributed by atoms with E-state index in [1.54, 1.807) is 24.3 Å². The Bertz CT molecular complexity index is 782. The monoisotopic (exact) mass is 319 g/mol. The number of aryl methyl sites for hydroxylation is 3. The zero-order valence-corrected chi connectivity index (χ0v) is 14.1. The minimum absolute atomic E-state index is 0.230. The third-order valence-corrected chi connectivity index (χ3v) is 4.75. The lowest BCUT2D eigenvalue weighted by Gasteiger charge is -2.13. The molecule has 0 radical (unpaired) electrons. The second kappa shape index (κ2) is 6.40. The van der Waals surface area contributed by atoms with Gasteiger partial charge in [0, 0.05) is 0 Å². The molecule has 0 amide bonds. The van der Waals surface area contributed by atoms with Crippen molar-refractivity contribution in [2.75, 3.05) is 11.3 Å². The molecule has 0 saturated carbocycles. The first-order valence-electron chi connectivity index (χ1n) is 7.17. The number of hydrogen-bond donors (Lipinski definition) is 1. The molecule has 118 valence electrons. The molecule has 2 aromatic rings. The van der Waals surface area contributed by atoms with Gasteiger partial charge in [-0.15, -0.1) is 0 Å². The summed E-state index contributed by atoms with van der Waals surface area (Å²) in [5, 5.41) is 0. The van der Waals surface area contributed by atoms with E-state index in [9.17, 15) is 8.42 Å². The fourth-order valence-corrected chi connectivity index (χ4v) is 3.45. The quantitative estimate of drug-likeness (QED) is 0.911. The Morgan fingerprint density at radius 3 is 2.32 bits per heavy atom. The van der Waals surface area contributed by atoms with Crippen LogP contribution < -0.4 is 9.46 Å². The molecule has 5 heteroatoms. The molecule has 0 aliphatic rings. The number of anilines is 1. The second-order valence-electron chi connectivity index (χ2n) is 5.28. The standard InChI is InChI=1S/C17H21NO3S/c1-5-21-17-9-7-15(11-14(17)4)22(19,20)18-16-8-6-12(2)10-13(16)3/h6-11,18H,5H2,1-4H3. The van der Waals surface area contributed by atoms with Gasteiger partial charge >= 0.3 is 0 Å². The number of hydrogen-bond acceptors (Lipinski definition) is 3. The van der Waals surface area contributed by atoms with Crippen LogP contribution >= 0.6 is 0 Å². The van der Waals surface area contributed by atoms with Crippen molar-refractivity contribution < 1.29 is 13.2 Å². The molecule has 2 aromatic carbocycles. The van der Waals surface area contributed by atoms with Crippen LogP contribution in [0.1, 0.15) is 23.6 Å². The molecule has 0 heterocycles. The Balaban J connectivity index is 2.32. The van der Waals surface area contributed by atoms with Gasteiger partial charge in [-0.25, -0.2) is 8.42 Å². The fourth-order valence-electron chi connectivity index (χ4n) is 2.24. The smallest absolute Gasteiger partial charge is 0.261 e. The van der Waals surface area contributed by atoms with E-state index >= 15 is 0 Å². The molecule has 0 aliphatic carbocycles. The highest BCUT2D eigenvalue weighted by molar-refractivity contribution is 7.92. The summed E-state index contributed by atoms with van der Waals surface area (Å²) in [6.07, 6.45) is 0. The van der Waals surface area contributed by atoms with Crippen LogP contribution in [0, 0.1) is 20.8 Å². The SMILES string of the molecule is CCOc1ccc(S(=O)(=O)Nc2ccc(C)cc2C)cc1C. The third-order valence-electron chi connectivity index (χ3n) is 3.38. The highest BCUT2D eigenvalue weighted by Crippen LogP contribution is 2.25. The van der Waals surface area contributed by atoms with Gasteiger partial charge in [0.2, 0.25) is 0 Å². The van der Waals surface area contributed by atoms with Gasteiger partial charge in [-0.3, -0.25) is 4.72 Å². The normalized spacial score (nSPS) is 11.3. The summed E-state index contributed by atoms with van der Waals surface area (Å²) in [6.45, 7) is 8.14. The van der Waals surface area contributed by atoms with Crippen LogP contribution in [-0.4, -0.2) is 15.0 Å². The van der Waals surface area contributed by atoms with E-state index in [1.807, 2.05) is 39.8 Å². The average molecular weight is 319 g/mol. The van der Waals surface area contributed by atoms with Crippen molar-refractivity contribution in [1.82, 2.24) is 0 Å². The highest BCUT2D eigenvalue weighted by Gasteiger charge is 2.16. The van der Waals surface area contributed by atoms with Gasteiger partial charge < -0.3 is 4.74 Å². The molecule has 0 aliphatic heterocycles. The minimum atomic E-state index is -3.61. The predicted octanol–water partition coefficient (Wildman–Crippen LogP) is 3.81. The molecule has 22 heavy (non-hydrogen) atoms. The van der Waals surface area contributed by atoms with Crippen LogP contribution in [0.4, 0.5) is 5.69 Å². The lowest BCUT2D eigenvalue weighted by Crippen LogP contribution is -2.14. The summed E-state index contributed by atoms with van der Waals surface area (Å²) in [7, 11) is -3.61. The van der Waals surface area contributed by atoms with Gasteiger partial charge in [0.15, 0.2) is 0 Å². The van der Waals surface area contributed by atoms with Crippen molar-refractivity contribution >= 4 is 15.7 Å². The first-order valence-corrected chi connectivity index (χ1v) is 8.65. The van der Waals surface area contributed by atoms with Gasteiger partial charge in [0.05, 0.1) is 17.2 Å². The van der Waals surface area contributed by atoms with Crippen molar-refractivity contribution in [2.24, 2.45) is 0 Å². The zero-order valence-electron chi connectivity index (χ0n) is 13.3. The van der Waals surface area contributed by atoms with E-state index in [0.29, 0.717) is 18.0 Å². The Labute approximate surface area is 132 Å². The molecule has 2 rings (SSSR count). The summed E-state index contributed by atoms with van der Waals surface area (Å²) < 4.78 is 33.1. The van der Waals surface area contributed by atoms with Crippen LogP contribution in [0.5, 0.6) is 5.75 Å². The third kappa shape index (κ3) is 3.60. The number of ether oxygens (including phenoxy) is 1. The van der Waals surface area contributed by atoms with Crippen LogP contribution in [0.3, 0.4) is 0 Å². The van der Waals surface area contributed by atoms with E-state index < -0.39 is 10.0 Å². The van der Waals surface area contributed by atoms with Gasteiger partial charge in [-0.05, 0) is 63.1 Å². The Morgan fingerprint density at radius 2 is 1.73 bits per heavy atom. The Kier molecular flexibility index (Phi) is 4.76. The minimum Gasteiger partial charge on any atom is -0.494 e. The fraction of sp³-hybridized carbons (Fsp3) is 0.294. The molecule has 0 atom stereocenters. The van der Waals surface area contributed by atoms with E-state index in [-0.39, 0.29) is 4.90 Å². The topological polar surface area (TPSA) is 55.4 Å². The average Bonchev–Trinajstić information content (AvgIpc) is 2.44. The molecular weight excluding hydrogens is 298 g/mol. The zero-order chi connectivity index (χ0) is 16.3. The predicted molar refractivity (Wildman–Crippen MR) is 89.1 cm³/mol. The van der Waals surface area contributed by atoms with Crippen LogP contribution in [0.2, 0.25) is 0 Å². The van der Waals surface area contributed by atoms with Gasteiger partial charge in [0.1, 0.15) is 5.75 Å². The molecule has 0 saturated heterocycles. The van der Waals surface area contributed by atoms with Crippen LogP contribution in [0.15, 0.2) is 41.3 Å². The maximum atomic E-state index is 12.5. The van der Waals surface area contributed by atoms with Crippen molar-refractivity contribution in [1.29, 1.82) is 0 Å². The van der Waals surface area contributed by atoms with E-state index in [0.717, 1.165) is 16.7 Å². The van der Waals surface area contributed by atoms with Crippen molar-refractivity contribution in [2.45, 2.75) is 32.6 Å². The lowest BCUT2D eigenvalue weighted by molar-refractivity contribution is 0.337. The number of benzene rings is 2. The molecule has 1 N–H and O–H groups in total. The molecule has 4 nitrogen and oxygen atoms in total. The molecule has 0 aromatic heterocycles. The van der Waals surface area contributed by atoms with Crippen LogP contribution in [-0.2, 0) is 10.0 Å². The summed E-state index contributed by atoms with van der Waals surface area (Å²) in [5.74, 6) is 0.702. The Morgan fingerprint density at radius 1 is 1.00 bits per heavy atom. The van der Waals surface area contributed by atoms with E-state index in [4.69, 9.17) is 4.74 Å². The number of nitrogens with one attached hydrogen (secondary N) is 1. The van der Waals surface area contributed by atoms with Crippen molar-refractivity contribution in [3.63, 3.8) is 0 Å². The summed E-state index contributed by atoms with van der Waals surface area (Å²) in [5.41, 5.74) is 3.38. The van der Waals surface area contributed by atoms with Crippen LogP contribution in [0.25, 0.3) is 0 Å². The molecule has 0 bridgehead atoms. The maximum absolute atomic E-state index is 12.5. The lowest BCUT2D eigenvalue weighted by atomic mass is 10.1. The summed E-state index contributed by atoms with van der Waals surface area (Å²) in [4.78, 5) is 0.230. The first-order chi connectivity index (χ1) is 10.3. The largest absolute Gasteiger partial charge is 0.494 e. The molecule has 0 fully saturated rings. The number of rotatable bonds is 5. The van der Waals surface area contributed by atoms with E-state index in [2.05, 4.69) is 4.72 Å². The molecular formula is C17H21NO3S. The maximum Gasteiger partial charge on any atom is 0.261 e. The van der Waals surface area contributed by atoms with Crippen molar-refractivity contribution in [3.05, 3.63) is 53.1 Å². The summed E-state index contributed by atoms with van der Waals surface area (Å²) in [6, 6.07) is 10.5. The molecule has 0 unspecified atom stereocenters. The van der Waals surface area contributed by atoms with Gasteiger partial charge in [0.25, 0.3) is 10.0 Å². The Hall–Kier alpha value is -2.01. The second-order valence-corrected chi connectivity index (χ2v) is 6.97. The van der Waals surface area contributed by atoms with E-state index in [1.165, 1.54) is 0 Å².